The third-order valence-corrected chi connectivity index (χ3v) is 6.30. The fourth-order valence-electron chi connectivity index (χ4n) is 3.15. The number of unbranched alkanes of at least 4 members (excludes halogenated alkanes) is 4. The second-order valence-corrected chi connectivity index (χ2v) is 11.7. The van der Waals surface area contributed by atoms with Gasteiger partial charge in [0.2, 0.25) is 0 Å². The van der Waals surface area contributed by atoms with Crippen molar-refractivity contribution in [1.29, 1.82) is 0 Å². The van der Waals surface area contributed by atoms with E-state index in [-0.39, 0.29) is 19.6 Å². The van der Waals surface area contributed by atoms with Gasteiger partial charge in [0.25, 0.3) is 7.82 Å². The normalized spacial score (nSPS) is 15.6. The second-order valence-electron chi connectivity index (χ2n) is 10.3. The number of allylic oxidation sites excluding steroid dienone is 5. The molecule has 0 aliphatic rings. The molecule has 0 radical (unpaired) electrons. The van der Waals surface area contributed by atoms with Gasteiger partial charge in [-0.05, 0) is 25.7 Å². The summed E-state index contributed by atoms with van der Waals surface area (Å²) in [6.45, 7) is 2.87. The van der Waals surface area contributed by atoms with Gasteiger partial charge in [0.05, 0.1) is 33.9 Å². The van der Waals surface area contributed by atoms with Crippen molar-refractivity contribution in [1.82, 2.24) is 0 Å². The van der Waals surface area contributed by atoms with Crippen LogP contribution in [0.2, 0.25) is 0 Å². The molecule has 10 nitrogen and oxygen atoms in total. The molecule has 0 heterocycles. The van der Waals surface area contributed by atoms with E-state index in [4.69, 9.17) is 18.5 Å². The summed E-state index contributed by atoms with van der Waals surface area (Å²) in [7, 11) is 1.08. The van der Waals surface area contributed by atoms with Crippen molar-refractivity contribution in [2.45, 2.75) is 83.8 Å². The maximum atomic E-state index is 12.2. The first-order valence-corrected chi connectivity index (χ1v) is 15.2. The molecule has 0 amide bonds. The molecule has 39 heavy (non-hydrogen) atoms. The number of nitrogens with zero attached hydrogens (tertiary/aromatic N) is 1. The fourth-order valence-corrected chi connectivity index (χ4v) is 3.88. The van der Waals surface area contributed by atoms with Crippen molar-refractivity contribution in [3.8, 4) is 0 Å². The Kier molecular flexibility index (Phi) is 20.9. The predicted octanol–water partition coefficient (Wildman–Crippen LogP) is 4.23. The number of rotatable bonds is 23. The Hall–Kier alpha value is -1.81. The maximum Gasteiger partial charge on any atom is 0.306 e. The first-order chi connectivity index (χ1) is 18.3. The summed E-state index contributed by atoms with van der Waals surface area (Å²) >= 11 is 0. The molecule has 2 unspecified atom stereocenters. The van der Waals surface area contributed by atoms with E-state index in [2.05, 4.69) is 19.1 Å². The minimum atomic E-state index is -4.60. The molecule has 0 aromatic carbocycles. The molecule has 0 saturated heterocycles. The van der Waals surface area contributed by atoms with Crippen molar-refractivity contribution >= 4 is 19.8 Å². The first kappa shape index (κ1) is 37.2. The van der Waals surface area contributed by atoms with Crippen LogP contribution in [0.1, 0.15) is 71.6 Å². The SMILES string of the molecule is CC/C=C/C/C=C/C=C/C(O)CCCCCCCC(=O)O[C@H](COC(C)=O)COP(=O)([O-])OCC[N+](C)(C)C. The highest BCUT2D eigenvalue weighted by Gasteiger charge is 2.21. The van der Waals surface area contributed by atoms with Gasteiger partial charge in [0, 0.05) is 13.3 Å². The van der Waals surface area contributed by atoms with Crippen LogP contribution in [0, 0.1) is 0 Å². The van der Waals surface area contributed by atoms with Crippen LogP contribution in [-0.2, 0) is 32.7 Å². The molecule has 226 valence electrons. The fraction of sp³-hybridized carbons (Fsp3) is 0.714. The van der Waals surface area contributed by atoms with Gasteiger partial charge in [0.15, 0.2) is 6.10 Å². The maximum absolute atomic E-state index is 12.2. The third-order valence-electron chi connectivity index (χ3n) is 5.34. The van der Waals surface area contributed by atoms with Gasteiger partial charge in [-0.15, -0.1) is 0 Å². The summed E-state index contributed by atoms with van der Waals surface area (Å²) in [6, 6.07) is 0. The van der Waals surface area contributed by atoms with Gasteiger partial charge in [-0.2, -0.15) is 0 Å². The van der Waals surface area contributed by atoms with Crippen LogP contribution in [0.25, 0.3) is 0 Å². The van der Waals surface area contributed by atoms with Crippen LogP contribution in [0.4, 0.5) is 0 Å². The zero-order valence-corrected chi connectivity index (χ0v) is 25.3. The average molecular weight is 576 g/mol. The molecule has 0 spiro atoms. The van der Waals surface area contributed by atoms with Crippen LogP contribution in [0.3, 0.4) is 0 Å². The number of likely N-dealkylation sites (N-methyl/N-ethyl adjacent to an activating group) is 1. The minimum absolute atomic E-state index is 0.0527. The topological polar surface area (TPSA) is 131 Å². The van der Waals surface area contributed by atoms with Gasteiger partial charge in [0.1, 0.15) is 19.8 Å². The molecule has 11 heteroatoms. The van der Waals surface area contributed by atoms with Crippen molar-refractivity contribution < 1.29 is 47.2 Å². The zero-order chi connectivity index (χ0) is 29.6. The Labute approximate surface area is 234 Å². The predicted molar refractivity (Wildman–Crippen MR) is 150 cm³/mol. The summed E-state index contributed by atoms with van der Waals surface area (Å²) in [4.78, 5) is 35.4. The standard InChI is InChI=1S/C28H50NO9P/c1-6-7-8-9-10-12-15-18-26(31)19-16-13-11-14-17-20-28(32)38-27(23-35-25(2)30)24-37-39(33,34)36-22-21-29(3,4)5/h7-8,10,12,15,18,26-27,31H,6,9,11,13-14,16-17,19-24H2,1-5H3/b8-7+,12-10+,18-15+/t26?,27-/m1/s1. The number of hydrogen-bond acceptors (Lipinski definition) is 9. The third kappa shape index (κ3) is 26.2. The summed E-state index contributed by atoms with van der Waals surface area (Å²) in [6.07, 6.45) is 17.2. The van der Waals surface area contributed by atoms with Crippen molar-refractivity contribution in [2.75, 3.05) is 47.5 Å². The molecule has 0 aromatic rings. The Morgan fingerprint density at radius 2 is 1.67 bits per heavy atom. The Balaban J connectivity index is 4.22. The van der Waals surface area contributed by atoms with Gasteiger partial charge >= 0.3 is 11.9 Å². The van der Waals surface area contributed by atoms with Crippen molar-refractivity contribution in [3.05, 3.63) is 36.5 Å². The number of carbonyl (C=O) groups is 2. The molecular weight excluding hydrogens is 525 g/mol. The van der Waals surface area contributed by atoms with Crippen LogP contribution >= 0.6 is 7.82 Å². The molecule has 0 aromatic heterocycles. The second kappa shape index (κ2) is 21.9. The molecule has 0 fully saturated rings. The van der Waals surface area contributed by atoms with E-state index in [0.717, 1.165) is 38.5 Å². The number of carbonyl (C=O) groups excluding carboxylic acids is 2. The lowest BCUT2D eigenvalue weighted by Gasteiger charge is -2.28. The number of aliphatic hydroxyl groups excluding tert-OH is 1. The van der Waals surface area contributed by atoms with E-state index in [9.17, 15) is 24.2 Å². The van der Waals surface area contributed by atoms with Crippen LogP contribution in [-0.4, -0.2) is 81.2 Å². The summed E-state index contributed by atoms with van der Waals surface area (Å²) < 4.78 is 32.4. The summed E-state index contributed by atoms with van der Waals surface area (Å²) in [5.41, 5.74) is 0. The minimum Gasteiger partial charge on any atom is -0.756 e. The average Bonchev–Trinajstić information content (AvgIpc) is 2.83. The summed E-state index contributed by atoms with van der Waals surface area (Å²) in [5.74, 6) is -1.11. The number of aliphatic hydroxyl groups is 1. The van der Waals surface area contributed by atoms with Crippen LogP contribution < -0.4 is 4.89 Å². The highest BCUT2D eigenvalue weighted by atomic mass is 31.2. The van der Waals surface area contributed by atoms with E-state index in [1.807, 2.05) is 39.4 Å². The molecule has 0 aliphatic heterocycles. The smallest absolute Gasteiger partial charge is 0.306 e. The largest absolute Gasteiger partial charge is 0.756 e. The van der Waals surface area contributed by atoms with Gasteiger partial charge in [-0.1, -0.05) is 69.1 Å². The lowest BCUT2D eigenvalue weighted by molar-refractivity contribution is -0.870. The van der Waals surface area contributed by atoms with Crippen molar-refractivity contribution in [2.24, 2.45) is 0 Å². The molecule has 0 bridgehead atoms. The number of phosphoric ester groups is 1. The molecule has 1 N–H and O–H groups in total. The Bertz CT molecular complexity index is 805. The quantitative estimate of drug-likeness (QED) is 0.0475. The lowest BCUT2D eigenvalue weighted by atomic mass is 10.1. The highest BCUT2D eigenvalue weighted by Crippen LogP contribution is 2.38. The molecule has 0 rings (SSSR count). The van der Waals surface area contributed by atoms with E-state index in [1.54, 1.807) is 6.08 Å². The van der Waals surface area contributed by atoms with Gasteiger partial charge < -0.3 is 33.0 Å². The number of quaternary nitrogens is 1. The Morgan fingerprint density at radius 1 is 0.974 bits per heavy atom. The number of hydrogen-bond donors (Lipinski definition) is 1. The van der Waals surface area contributed by atoms with E-state index in [0.29, 0.717) is 23.9 Å². The van der Waals surface area contributed by atoms with E-state index < -0.39 is 38.6 Å². The van der Waals surface area contributed by atoms with Gasteiger partial charge in [-0.25, -0.2) is 0 Å². The zero-order valence-electron chi connectivity index (χ0n) is 24.4. The molecular formula is C28H50NO9P. The number of ether oxygens (including phenoxy) is 2. The van der Waals surface area contributed by atoms with Crippen LogP contribution in [0.15, 0.2) is 36.5 Å². The first-order valence-electron chi connectivity index (χ1n) is 13.7. The van der Waals surface area contributed by atoms with E-state index in [1.165, 1.54) is 6.92 Å². The molecule has 3 atom stereocenters. The highest BCUT2D eigenvalue weighted by molar-refractivity contribution is 7.45. The molecule has 0 saturated carbocycles. The molecule has 0 aliphatic carbocycles. The van der Waals surface area contributed by atoms with E-state index >= 15 is 0 Å². The lowest BCUT2D eigenvalue weighted by Crippen LogP contribution is -2.37. The monoisotopic (exact) mass is 575 g/mol. The number of phosphoric acid groups is 1. The van der Waals surface area contributed by atoms with Crippen molar-refractivity contribution in [3.63, 3.8) is 0 Å². The van der Waals surface area contributed by atoms with Gasteiger partial charge in [-0.3, -0.25) is 14.2 Å². The number of esters is 2. The summed E-state index contributed by atoms with van der Waals surface area (Å²) in [5, 5.41) is 10.0. The van der Waals surface area contributed by atoms with Crippen LogP contribution in [0.5, 0.6) is 0 Å². The Morgan fingerprint density at radius 3 is 2.33 bits per heavy atom.